The van der Waals surface area contributed by atoms with Gasteiger partial charge in [0.1, 0.15) is 5.75 Å². The Kier molecular flexibility index (Phi) is 6.68. The van der Waals surface area contributed by atoms with Crippen LogP contribution < -0.4 is 4.52 Å². The normalized spacial score (nSPS) is 13.7. The van der Waals surface area contributed by atoms with Gasteiger partial charge < -0.3 is 9.05 Å². The number of hydrogen-bond donors (Lipinski definition) is 0. The summed E-state index contributed by atoms with van der Waals surface area (Å²) < 4.78 is 22.7. The van der Waals surface area contributed by atoms with Crippen LogP contribution in [0.25, 0.3) is 0 Å². The predicted molar refractivity (Wildman–Crippen MR) is 77.3 cm³/mol. The standard InChI is InChI=1S/C13H20NO5P/c1-3-4-5-6-11-20(17,18-2)19-13-9-7-12(8-10-13)14(15)16/h7-10H,3-6,11H2,1-2H3/t20-/m0/s1. The topological polar surface area (TPSA) is 78.7 Å². The van der Waals surface area contributed by atoms with Crippen LogP contribution in [0.15, 0.2) is 24.3 Å². The minimum atomic E-state index is -3.17. The Balaban J connectivity index is 2.62. The van der Waals surface area contributed by atoms with Gasteiger partial charge in [-0.15, -0.1) is 0 Å². The molecule has 0 fully saturated rings. The molecule has 20 heavy (non-hydrogen) atoms. The third kappa shape index (κ3) is 5.31. The summed E-state index contributed by atoms with van der Waals surface area (Å²) in [6.07, 6.45) is 4.28. The highest BCUT2D eigenvalue weighted by Crippen LogP contribution is 2.48. The number of non-ortho nitro benzene ring substituents is 1. The van der Waals surface area contributed by atoms with Crippen molar-refractivity contribution in [3.63, 3.8) is 0 Å². The summed E-state index contributed by atoms with van der Waals surface area (Å²) in [6, 6.07) is 5.48. The molecule has 1 aromatic carbocycles. The lowest BCUT2D eigenvalue weighted by atomic mass is 10.2. The zero-order chi connectivity index (χ0) is 15.0. The molecule has 0 bridgehead atoms. The van der Waals surface area contributed by atoms with Crippen molar-refractivity contribution in [1.82, 2.24) is 0 Å². The second-order valence-electron chi connectivity index (χ2n) is 4.42. The van der Waals surface area contributed by atoms with E-state index in [2.05, 4.69) is 6.92 Å². The van der Waals surface area contributed by atoms with Crippen molar-refractivity contribution >= 4 is 13.3 Å². The van der Waals surface area contributed by atoms with Crippen LogP contribution in [0.1, 0.15) is 32.6 Å². The summed E-state index contributed by atoms with van der Waals surface area (Å²) in [6.45, 7) is 2.10. The molecule has 6 nitrogen and oxygen atoms in total. The Morgan fingerprint density at radius 2 is 1.85 bits per heavy atom. The molecule has 0 aromatic heterocycles. The molecule has 0 heterocycles. The summed E-state index contributed by atoms with van der Waals surface area (Å²) in [5, 5.41) is 10.5. The smallest absolute Gasteiger partial charge is 0.378 e. The molecule has 0 saturated carbocycles. The molecule has 0 aliphatic rings. The number of unbranched alkanes of at least 4 members (excludes halogenated alkanes) is 3. The van der Waals surface area contributed by atoms with Gasteiger partial charge in [-0.3, -0.25) is 10.1 Å². The van der Waals surface area contributed by atoms with Crippen LogP contribution in [0.3, 0.4) is 0 Å². The molecule has 0 amide bonds. The van der Waals surface area contributed by atoms with Crippen molar-refractivity contribution in [2.24, 2.45) is 0 Å². The van der Waals surface area contributed by atoms with Crippen LogP contribution in [0.5, 0.6) is 5.75 Å². The molecular weight excluding hydrogens is 281 g/mol. The number of nitro benzene ring substituents is 1. The fraction of sp³-hybridized carbons (Fsp3) is 0.538. The van der Waals surface area contributed by atoms with Crippen molar-refractivity contribution in [1.29, 1.82) is 0 Å². The lowest BCUT2D eigenvalue weighted by Gasteiger charge is -2.17. The summed E-state index contributed by atoms with van der Waals surface area (Å²) >= 11 is 0. The molecule has 0 radical (unpaired) electrons. The maximum absolute atomic E-state index is 12.4. The van der Waals surface area contributed by atoms with E-state index in [0.717, 1.165) is 25.7 Å². The predicted octanol–water partition coefficient (Wildman–Crippen LogP) is 4.39. The minimum absolute atomic E-state index is 0.0347. The molecule has 0 saturated heterocycles. The van der Waals surface area contributed by atoms with Crippen molar-refractivity contribution in [2.75, 3.05) is 13.3 Å². The van der Waals surface area contributed by atoms with Crippen LogP contribution in [0.2, 0.25) is 0 Å². The molecule has 7 heteroatoms. The van der Waals surface area contributed by atoms with E-state index in [4.69, 9.17) is 9.05 Å². The minimum Gasteiger partial charge on any atom is -0.424 e. The first-order valence-corrected chi connectivity index (χ1v) is 8.32. The highest BCUT2D eigenvalue weighted by atomic mass is 31.2. The first-order valence-electron chi connectivity index (χ1n) is 6.59. The molecule has 0 unspecified atom stereocenters. The van der Waals surface area contributed by atoms with Gasteiger partial charge in [-0.2, -0.15) is 0 Å². The van der Waals surface area contributed by atoms with Crippen molar-refractivity contribution < 1.29 is 18.5 Å². The Hall–Kier alpha value is -1.39. The first kappa shape index (κ1) is 16.7. The Labute approximate surface area is 118 Å². The van der Waals surface area contributed by atoms with Crippen LogP contribution in [0, 0.1) is 10.1 Å². The highest BCUT2D eigenvalue weighted by molar-refractivity contribution is 7.54. The van der Waals surface area contributed by atoms with Crippen molar-refractivity contribution in [3.05, 3.63) is 34.4 Å². The van der Waals surface area contributed by atoms with E-state index in [1.165, 1.54) is 31.4 Å². The molecule has 1 atom stereocenters. The molecule has 1 rings (SSSR count). The molecule has 112 valence electrons. The average Bonchev–Trinajstić information content (AvgIpc) is 2.44. The van der Waals surface area contributed by atoms with Crippen LogP contribution >= 0.6 is 7.60 Å². The Morgan fingerprint density at radius 3 is 2.35 bits per heavy atom. The Morgan fingerprint density at radius 1 is 1.20 bits per heavy atom. The van der Waals surface area contributed by atoms with Crippen molar-refractivity contribution in [3.8, 4) is 5.75 Å². The van der Waals surface area contributed by atoms with Gasteiger partial charge in [0.15, 0.2) is 0 Å². The Bertz CT molecular complexity index is 474. The lowest BCUT2D eigenvalue weighted by molar-refractivity contribution is -0.384. The number of rotatable bonds is 9. The third-order valence-electron chi connectivity index (χ3n) is 2.86. The van der Waals surface area contributed by atoms with Gasteiger partial charge >= 0.3 is 7.60 Å². The summed E-state index contributed by atoms with van der Waals surface area (Å²) in [5.41, 5.74) is -0.0347. The summed E-state index contributed by atoms with van der Waals surface area (Å²) in [7, 11) is -1.82. The van der Waals surface area contributed by atoms with Crippen molar-refractivity contribution in [2.45, 2.75) is 32.6 Å². The molecule has 0 aliphatic heterocycles. The van der Waals surface area contributed by atoms with Gasteiger partial charge in [-0.25, -0.2) is 4.57 Å². The maximum Gasteiger partial charge on any atom is 0.378 e. The zero-order valence-electron chi connectivity index (χ0n) is 11.8. The van der Waals surface area contributed by atoms with E-state index in [1.54, 1.807) is 0 Å². The quantitative estimate of drug-likeness (QED) is 0.292. The van der Waals surface area contributed by atoms with E-state index in [9.17, 15) is 14.7 Å². The van der Waals surface area contributed by atoms with Gasteiger partial charge in [-0.1, -0.05) is 26.2 Å². The molecule has 1 aromatic rings. The second-order valence-corrected chi connectivity index (χ2v) is 6.64. The van der Waals surface area contributed by atoms with Gasteiger partial charge in [0.2, 0.25) is 0 Å². The van der Waals surface area contributed by atoms with Gasteiger partial charge in [0.25, 0.3) is 5.69 Å². The second kappa shape index (κ2) is 8.02. The number of hydrogen-bond acceptors (Lipinski definition) is 5. The van der Waals surface area contributed by atoms with E-state index >= 15 is 0 Å². The van der Waals surface area contributed by atoms with Gasteiger partial charge in [-0.05, 0) is 18.6 Å². The highest BCUT2D eigenvalue weighted by Gasteiger charge is 2.24. The molecular formula is C13H20NO5P. The van der Waals surface area contributed by atoms with Gasteiger partial charge in [0, 0.05) is 19.2 Å². The van der Waals surface area contributed by atoms with Crippen LogP contribution in [-0.2, 0) is 9.09 Å². The molecule has 0 N–H and O–H groups in total. The van der Waals surface area contributed by atoms with E-state index < -0.39 is 12.5 Å². The first-order chi connectivity index (χ1) is 9.50. The maximum atomic E-state index is 12.4. The summed E-state index contributed by atoms with van der Waals surface area (Å²) in [5.74, 6) is 0.316. The number of nitrogens with zero attached hydrogens (tertiary/aromatic N) is 1. The van der Waals surface area contributed by atoms with E-state index in [1.807, 2.05) is 0 Å². The SMILES string of the molecule is CCCCCC[P@](=O)(OC)Oc1ccc([N+](=O)[O-])cc1. The fourth-order valence-electron chi connectivity index (χ4n) is 1.70. The lowest BCUT2D eigenvalue weighted by Crippen LogP contribution is -2.00. The van der Waals surface area contributed by atoms with Crippen LogP contribution in [0.4, 0.5) is 5.69 Å². The summed E-state index contributed by atoms with van der Waals surface area (Å²) in [4.78, 5) is 10.0. The van der Waals surface area contributed by atoms with Gasteiger partial charge in [0.05, 0.1) is 11.1 Å². The molecule has 0 spiro atoms. The van der Waals surface area contributed by atoms with E-state index in [-0.39, 0.29) is 5.69 Å². The monoisotopic (exact) mass is 301 g/mol. The molecule has 0 aliphatic carbocycles. The van der Waals surface area contributed by atoms with Crippen LogP contribution in [-0.4, -0.2) is 18.2 Å². The average molecular weight is 301 g/mol. The third-order valence-corrected chi connectivity index (χ3v) is 4.77. The largest absolute Gasteiger partial charge is 0.424 e. The number of benzene rings is 1. The fourth-order valence-corrected chi connectivity index (χ4v) is 3.10. The zero-order valence-corrected chi connectivity index (χ0v) is 12.7. The number of nitro groups is 1. The van der Waals surface area contributed by atoms with E-state index in [0.29, 0.717) is 11.9 Å².